The van der Waals surface area contributed by atoms with Crippen molar-refractivity contribution in [3.8, 4) is 0 Å². The first-order chi connectivity index (χ1) is 7.07. The molecule has 0 aliphatic heterocycles. The molecule has 0 atom stereocenters. The third-order valence-corrected chi connectivity index (χ3v) is 3.32. The molecule has 1 aliphatic rings. The van der Waals surface area contributed by atoms with Crippen LogP contribution in [0.5, 0.6) is 0 Å². The van der Waals surface area contributed by atoms with E-state index in [1.807, 2.05) is 12.1 Å². The zero-order chi connectivity index (χ0) is 10.9. The first-order valence-corrected chi connectivity index (χ1v) is 5.78. The van der Waals surface area contributed by atoms with Crippen molar-refractivity contribution in [1.82, 2.24) is 0 Å². The summed E-state index contributed by atoms with van der Waals surface area (Å²) in [5, 5.41) is 0. The van der Waals surface area contributed by atoms with E-state index < -0.39 is 5.76 Å². The number of alkyl halides is 2. The highest BCUT2D eigenvalue weighted by Gasteiger charge is 2.37. The molecule has 2 rings (SSSR count). The predicted molar refractivity (Wildman–Crippen MR) is 58.2 cm³/mol. The summed E-state index contributed by atoms with van der Waals surface area (Å²) in [6.07, 6.45) is 2.99. The lowest BCUT2D eigenvalue weighted by Gasteiger charge is -2.08. The van der Waals surface area contributed by atoms with Crippen molar-refractivity contribution in [3.63, 3.8) is 0 Å². The van der Waals surface area contributed by atoms with Gasteiger partial charge in [0.25, 0.3) is 5.76 Å². The van der Waals surface area contributed by atoms with Crippen LogP contribution in [-0.4, -0.2) is 11.3 Å². The molecule has 1 nitrogen and oxygen atoms in total. The van der Waals surface area contributed by atoms with E-state index in [0.717, 1.165) is 24.8 Å². The number of nitrogens with two attached hydrogens (primary N) is 1. The van der Waals surface area contributed by atoms with Gasteiger partial charge in [-0.05, 0) is 37.0 Å². The average Bonchev–Trinajstić information content (AvgIpc) is 2.86. The van der Waals surface area contributed by atoms with Crippen molar-refractivity contribution in [2.45, 2.75) is 35.5 Å². The van der Waals surface area contributed by atoms with Crippen LogP contribution in [0, 0.1) is 0 Å². The van der Waals surface area contributed by atoms with Crippen molar-refractivity contribution in [1.29, 1.82) is 0 Å². The number of hydrogen-bond acceptors (Lipinski definition) is 2. The third kappa shape index (κ3) is 3.18. The predicted octanol–water partition coefficient (Wildman–Crippen LogP) is 3.04. The van der Waals surface area contributed by atoms with Crippen LogP contribution in [0.15, 0.2) is 29.2 Å². The van der Waals surface area contributed by atoms with Gasteiger partial charge in [-0.2, -0.15) is 8.78 Å². The Bertz CT molecular complexity index is 333. The fourth-order valence-electron chi connectivity index (χ4n) is 1.53. The highest BCUT2D eigenvalue weighted by molar-refractivity contribution is 7.99. The second-order valence-corrected chi connectivity index (χ2v) is 5.13. The van der Waals surface area contributed by atoms with Crippen LogP contribution in [0.25, 0.3) is 0 Å². The van der Waals surface area contributed by atoms with Gasteiger partial charge in [-0.25, -0.2) is 0 Å². The molecule has 1 aromatic carbocycles. The van der Waals surface area contributed by atoms with Crippen molar-refractivity contribution in [2.75, 3.05) is 0 Å². The van der Waals surface area contributed by atoms with Crippen LogP contribution >= 0.6 is 11.8 Å². The molecule has 0 radical (unpaired) electrons. The Hall–Kier alpha value is -0.610. The summed E-state index contributed by atoms with van der Waals surface area (Å²) in [6.45, 7) is 0. The second-order valence-electron chi connectivity index (χ2n) is 4.06. The molecule has 0 heterocycles. The average molecular weight is 229 g/mol. The van der Waals surface area contributed by atoms with E-state index in [-0.39, 0.29) is 5.54 Å². The van der Waals surface area contributed by atoms with Crippen LogP contribution in [0.1, 0.15) is 18.4 Å². The standard InChI is InChI=1S/C11H13F2NS/c12-10(13)15-9-3-1-8(2-4-9)7-11(14)5-6-11/h1-4,10H,5-7,14H2. The topological polar surface area (TPSA) is 26.0 Å². The molecule has 82 valence electrons. The van der Waals surface area contributed by atoms with Gasteiger partial charge >= 0.3 is 0 Å². The Labute approximate surface area is 92.0 Å². The second kappa shape index (κ2) is 4.10. The van der Waals surface area contributed by atoms with Crippen molar-refractivity contribution in [2.24, 2.45) is 5.73 Å². The van der Waals surface area contributed by atoms with Crippen LogP contribution in [0.2, 0.25) is 0 Å². The molecule has 1 aliphatic carbocycles. The molecule has 0 unspecified atom stereocenters. The maximum atomic E-state index is 12.0. The molecule has 0 aromatic heterocycles. The van der Waals surface area contributed by atoms with Crippen LogP contribution in [0.4, 0.5) is 8.78 Å². The number of benzene rings is 1. The van der Waals surface area contributed by atoms with Crippen LogP contribution < -0.4 is 5.73 Å². The van der Waals surface area contributed by atoms with Gasteiger partial charge in [0.15, 0.2) is 0 Å². The van der Waals surface area contributed by atoms with Crippen LogP contribution in [-0.2, 0) is 6.42 Å². The van der Waals surface area contributed by atoms with E-state index in [1.165, 1.54) is 0 Å². The van der Waals surface area contributed by atoms with Crippen LogP contribution in [0.3, 0.4) is 0 Å². The van der Waals surface area contributed by atoms with Crippen molar-refractivity contribution < 1.29 is 8.78 Å². The van der Waals surface area contributed by atoms with E-state index in [2.05, 4.69) is 0 Å². The number of hydrogen-bond donors (Lipinski definition) is 1. The quantitative estimate of drug-likeness (QED) is 0.803. The number of halogens is 2. The zero-order valence-electron chi connectivity index (χ0n) is 8.25. The molecule has 4 heteroatoms. The molecule has 0 amide bonds. The summed E-state index contributed by atoms with van der Waals surface area (Å²) in [5.41, 5.74) is 7.09. The summed E-state index contributed by atoms with van der Waals surface area (Å²) in [7, 11) is 0. The molecule has 1 aromatic rings. The highest BCUT2D eigenvalue weighted by atomic mass is 32.2. The number of thioether (sulfide) groups is 1. The Morgan fingerprint density at radius 2 is 1.87 bits per heavy atom. The largest absolute Gasteiger partial charge is 0.325 e. The summed E-state index contributed by atoms with van der Waals surface area (Å²) in [6, 6.07) is 7.24. The third-order valence-electron chi connectivity index (χ3n) is 2.60. The van der Waals surface area contributed by atoms with Gasteiger partial charge in [0.2, 0.25) is 0 Å². The Morgan fingerprint density at radius 1 is 1.27 bits per heavy atom. The maximum Gasteiger partial charge on any atom is 0.288 e. The van der Waals surface area contributed by atoms with E-state index in [4.69, 9.17) is 5.73 Å². The van der Waals surface area contributed by atoms with Crippen molar-refractivity contribution >= 4 is 11.8 Å². The lowest BCUT2D eigenvalue weighted by Crippen LogP contribution is -2.24. The molecule has 1 saturated carbocycles. The first-order valence-electron chi connectivity index (χ1n) is 4.90. The maximum absolute atomic E-state index is 12.0. The minimum Gasteiger partial charge on any atom is -0.325 e. The Balaban J connectivity index is 1.97. The molecule has 0 bridgehead atoms. The van der Waals surface area contributed by atoms with E-state index in [0.29, 0.717) is 16.7 Å². The summed E-state index contributed by atoms with van der Waals surface area (Å²) in [5.74, 6) is -2.35. The van der Waals surface area contributed by atoms with E-state index in [9.17, 15) is 8.78 Å². The molecule has 0 saturated heterocycles. The minimum absolute atomic E-state index is 0.0165. The van der Waals surface area contributed by atoms with Gasteiger partial charge in [0.05, 0.1) is 0 Å². The summed E-state index contributed by atoms with van der Waals surface area (Å²) >= 11 is 0.576. The highest BCUT2D eigenvalue weighted by Crippen LogP contribution is 2.36. The Kier molecular flexibility index (Phi) is 2.98. The van der Waals surface area contributed by atoms with Gasteiger partial charge in [0.1, 0.15) is 0 Å². The van der Waals surface area contributed by atoms with Crippen molar-refractivity contribution in [3.05, 3.63) is 29.8 Å². The fourth-order valence-corrected chi connectivity index (χ4v) is 2.03. The number of rotatable bonds is 4. The lowest BCUT2D eigenvalue weighted by molar-refractivity contribution is 0.252. The molecular formula is C11H13F2NS. The monoisotopic (exact) mass is 229 g/mol. The summed E-state index contributed by atoms with van der Waals surface area (Å²) in [4.78, 5) is 0.607. The smallest absolute Gasteiger partial charge is 0.288 e. The lowest BCUT2D eigenvalue weighted by atomic mass is 10.1. The van der Waals surface area contributed by atoms with Gasteiger partial charge in [-0.3, -0.25) is 0 Å². The van der Waals surface area contributed by atoms with Gasteiger partial charge in [-0.1, -0.05) is 23.9 Å². The molecule has 0 spiro atoms. The summed E-state index contributed by atoms with van der Waals surface area (Å²) < 4.78 is 24.1. The normalized spacial score (nSPS) is 18.1. The molecule has 2 N–H and O–H groups in total. The molecule has 1 fully saturated rings. The molecular weight excluding hydrogens is 216 g/mol. The van der Waals surface area contributed by atoms with Gasteiger partial charge in [-0.15, -0.1) is 0 Å². The zero-order valence-corrected chi connectivity index (χ0v) is 9.07. The Morgan fingerprint density at radius 3 is 2.33 bits per heavy atom. The van der Waals surface area contributed by atoms with E-state index in [1.54, 1.807) is 12.1 Å². The van der Waals surface area contributed by atoms with Gasteiger partial charge < -0.3 is 5.73 Å². The van der Waals surface area contributed by atoms with Gasteiger partial charge in [0, 0.05) is 10.4 Å². The minimum atomic E-state index is -2.35. The molecule has 15 heavy (non-hydrogen) atoms. The van der Waals surface area contributed by atoms with E-state index >= 15 is 0 Å². The first kappa shape index (κ1) is 10.9. The SMILES string of the molecule is NC1(Cc2ccc(SC(F)F)cc2)CC1. The fraction of sp³-hybridized carbons (Fsp3) is 0.455.